The van der Waals surface area contributed by atoms with E-state index >= 15 is 0 Å². The number of hydrogen-bond donors (Lipinski definition) is 0. The molecule has 1 atom stereocenters. The maximum atomic E-state index is 13.4. The van der Waals surface area contributed by atoms with E-state index in [4.69, 9.17) is 20.8 Å². The fourth-order valence-corrected chi connectivity index (χ4v) is 4.49. The zero-order valence-corrected chi connectivity index (χ0v) is 17.1. The van der Waals surface area contributed by atoms with Gasteiger partial charge in [-0.05, 0) is 29.8 Å². The number of carbonyl (C=O) groups is 1. The van der Waals surface area contributed by atoms with Gasteiger partial charge in [-0.3, -0.25) is 14.5 Å². The molecule has 0 radical (unpaired) electrons. The van der Waals surface area contributed by atoms with Crippen LogP contribution in [0.5, 0.6) is 0 Å². The molecule has 3 heterocycles. The summed E-state index contributed by atoms with van der Waals surface area (Å²) in [5, 5.41) is 1.04. The maximum Gasteiger partial charge on any atom is 0.290 e. The average Bonchev–Trinajstić information content (AvgIpc) is 3.05. The third-order valence-corrected chi connectivity index (χ3v) is 6.03. The standard InChI is InChI=1S/C23H21ClN2O4/c24-16-5-3-4-15(14-16)20-19-21(27)17-6-1-2-7-18(17)30-22(19)23(28)26(20)9-8-25-10-12-29-13-11-25/h1-7,14,20H,8-13H2. The van der Waals surface area contributed by atoms with Gasteiger partial charge in [-0.1, -0.05) is 35.9 Å². The van der Waals surface area contributed by atoms with Crippen molar-refractivity contribution in [3.63, 3.8) is 0 Å². The number of morpholine rings is 1. The molecule has 0 spiro atoms. The molecule has 0 N–H and O–H groups in total. The number of fused-ring (bicyclic) bond motifs is 2. The number of hydrogen-bond acceptors (Lipinski definition) is 5. The molecule has 1 aromatic heterocycles. The number of para-hydroxylation sites is 1. The lowest BCUT2D eigenvalue weighted by Crippen LogP contribution is -2.42. The second-order valence-electron chi connectivity index (χ2n) is 7.58. The lowest BCUT2D eigenvalue weighted by molar-refractivity contribution is 0.0314. The number of halogens is 1. The summed E-state index contributed by atoms with van der Waals surface area (Å²) in [4.78, 5) is 30.7. The molecule has 3 aromatic rings. The summed E-state index contributed by atoms with van der Waals surface area (Å²) < 4.78 is 11.4. The number of rotatable bonds is 4. The largest absolute Gasteiger partial charge is 0.450 e. The highest BCUT2D eigenvalue weighted by Gasteiger charge is 2.42. The molecule has 0 aliphatic carbocycles. The van der Waals surface area contributed by atoms with Crippen LogP contribution in [0.25, 0.3) is 11.0 Å². The van der Waals surface area contributed by atoms with E-state index in [9.17, 15) is 9.59 Å². The minimum atomic E-state index is -0.520. The van der Waals surface area contributed by atoms with Gasteiger partial charge in [0.2, 0.25) is 5.76 Å². The molecule has 0 saturated carbocycles. The topological polar surface area (TPSA) is 63.0 Å². The fourth-order valence-electron chi connectivity index (χ4n) is 4.29. The van der Waals surface area contributed by atoms with E-state index in [1.165, 1.54) is 0 Å². The summed E-state index contributed by atoms with van der Waals surface area (Å²) in [6.45, 7) is 4.23. The number of benzene rings is 2. The van der Waals surface area contributed by atoms with Gasteiger partial charge in [-0.25, -0.2) is 0 Å². The summed E-state index contributed by atoms with van der Waals surface area (Å²) in [5.41, 5.74) is 1.45. The first-order valence-electron chi connectivity index (χ1n) is 10.1. The van der Waals surface area contributed by atoms with Gasteiger partial charge in [-0.2, -0.15) is 0 Å². The first-order chi connectivity index (χ1) is 14.6. The van der Waals surface area contributed by atoms with Crippen molar-refractivity contribution in [2.75, 3.05) is 39.4 Å². The Hall–Kier alpha value is -2.67. The van der Waals surface area contributed by atoms with Crippen molar-refractivity contribution in [1.29, 1.82) is 0 Å². The Morgan fingerprint density at radius 2 is 1.80 bits per heavy atom. The predicted octanol–water partition coefficient (Wildman–Crippen LogP) is 3.32. The smallest absolute Gasteiger partial charge is 0.290 e. The van der Waals surface area contributed by atoms with Gasteiger partial charge in [0.25, 0.3) is 5.91 Å². The predicted molar refractivity (Wildman–Crippen MR) is 114 cm³/mol. The van der Waals surface area contributed by atoms with Gasteiger partial charge in [0.05, 0.1) is 30.2 Å². The zero-order chi connectivity index (χ0) is 20.7. The van der Waals surface area contributed by atoms with E-state index in [1.54, 1.807) is 35.2 Å². The second kappa shape index (κ2) is 7.87. The van der Waals surface area contributed by atoms with Crippen LogP contribution < -0.4 is 5.43 Å². The highest BCUT2D eigenvalue weighted by Crippen LogP contribution is 2.38. The minimum Gasteiger partial charge on any atom is -0.450 e. The van der Waals surface area contributed by atoms with Crippen molar-refractivity contribution in [2.24, 2.45) is 0 Å². The lowest BCUT2D eigenvalue weighted by Gasteiger charge is -2.31. The Kier molecular flexibility index (Phi) is 5.06. The zero-order valence-electron chi connectivity index (χ0n) is 16.3. The molecule has 154 valence electrons. The third-order valence-electron chi connectivity index (χ3n) is 5.80. The molecule has 2 aliphatic heterocycles. The molecule has 1 fully saturated rings. The molecule has 1 unspecified atom stereocenters. The Labute approximate surface area is 178 Å². The first kappa shape index (κ1) is 19.3. The van der Waals surface area contributed by atoms with Crippen molar-refractivity contribution >= 4 is 28.5 Å². The van der Waals surface area contributed by atoms with Crippen molar-refractivity contribution in [3.8, 4) is 0 Å². The molecule has 2 aliphatic rings. The summed E-state index contributed by atoms with van der Waals surface area (Å²) in [7, 11) is 0. The number of ether oxygens (including phenoxy) is 1. The monoisotopic (exact) mass is 424 g/mol. The van der Waals surface area contributed by atoms with E-state index < -0.39 is 6.04 Å². The highest BCUT2D eigenvalue weighted by molar-refractivity contribution is 6.30. The van der Waals surface area contributed by atoms with Crippen molar-refractivity contribution in [2.45, 2.75) is 6.04 Å². The van der Waals surface area contributed by atoms with Crippen LogP contribution in [0.15, 0.2) is 57.7 Å². The van der Waals surface area contributed by atoms with E-state index in [1.807, 2.05) is 18.2 Å². The molecule has 5 rings (SSSR count). The minimum absolute atomic E-state index is 0.130. The summed E-state index contributed by atoms with van der Waals surface area (Å²) >= 11 is 6.24. The normalized spacial score (nSPS) is 19.4. The first-order valence-corrected chi connectivity index (χ1v) is 10.4. The van der Waals surface area contributed by atoms with E-state index in [-0.39, 0.29) is 17.1 Å². The van der Waals surface area contributed by atoms with Crippen LogP contribution in [-0.2, 0) is 4.74 Å². The number of carbonyl (C=O) groups excluding carboxylic acids is 1. The van der Waals surface area contributed by atoms with Crippen LogP contribution in [0.4, 0.5) is 0 Å². The van der Waals surface area contributed by atoms with Crippen molar-refractivity contribution < 1.29 is 13.9 Å². The molecule has 7 heteroatoms. The summed E-state index contributed by atoms with van der Waals surface area (Å²) in [6, 6.07) is 13.8. The van der Waals surface area contributed by atoms with E-state index in [0.717, 1.165) is 18.7 Å². The van der Waals surface area contributed by atoms with Crippen LogP contribution in [0.3, 0.4) is 0 Å². The number of amides is 1. The van der Waals surface area contributed by atoms with Crippen molar-refractivity contribution in [1.82, 2.24) is 9.80 Å². The Morgan fingerprint density at radius 1 is 1.00 bits per heavy atom. The average molecular weight is 425 g/mol. The highest BCUT2D eigenvalue weighted by atomic mass is 35.5. The quantitative estimate of drug-likeness (QED) is 0.643. The Morgan fingerprint density at radius 3 is 2.60 bits per heavy atom. The van der Waals surface area contributed by atoms with Crippen LogP contribution in [0.2, 0.25) is 5.02 Å². The molecule has 30 heavy (non-hydrogen) atoms. The van der Waals surface area contributed by atoms with Gasteiger partial charge in [0.1, 0.15) is 5.58 Å². The summed E-state index contributed by atoms with van der Waals surface area (Å²) in [6.07, 6.45) is 0. The van der Waals surface area contributed by atoms with Crippen LogP contribution in [-0.4, -0.2) is 55.1 Å². The number of nitrogens with zero attached hydrogens (tertiary/aromatic N) is 2. The van der Waals surface area contributed by atoms with Gasteiger partial charge >= 0.3 is 0 Å². The van der Waals surface area contributed by atoms with Gasteiger partial charge in [0, 0.05) is 31.2 Å². The van der Waals surface area contributed by atoms with E-state index in [2.05, 4.69) is 4.90 Å². The van der Waals surface area contributed by atoms with Crippen LogP contribution in [0, 0.1) is 0 Å². The van der Waals surface area contributed by atoms with Crippen molar-refractivity contribution in [3.05, 3.63) is 80.7 Å². The maximum absolute atomic E-state index is 13.4. The van der Waals surface area contributed by atoms with Crippen LogP contribution >= 0.6 is 11.6 Å². The Bertz CT molecular complexity index is 1170. The fraction of sp³-hybridized carbons (Fsp3) is 0.304. The van der Waals surface area contributed by atoms with E-state index in [0.29, 0.717) is 47.9 Å². The Balaban J connectivity index is 1.60. The van der Waals surface area contributed by atoms with Crippen LogP contribution in [0.1, 0.15) is 27.7 Å². The van der Waals surface area contributed by atoms with Gasteiger partial charge < -0.3 is 14.1 Å². The molecule has 1 amide bonds. The SMILES string of the molecule is O=C1c2oc3ccccc3c(=O)c2C(c2cccc(Cl)c2)N1CCN1CCOCC1. The molecule has 0 bridgehead atoms. The lowest BCUT2D eigenvalue weighted by atomic mass is 9.98. The molecule has 6 nitrogen and oxygen atoms in total. The van der Waals surface area contributed by atoms with Gasteiger partial charge in [0.15, 0.2) is 5.43 Å². The molecular formula is C23H21ClN2O4. The van der Waals surface area contributed by atoms with Gasteiger partial charge in [-0.15, -0.1) is 0 Å². The molecule has 2 aromatic carbocycles. The second-order valence-corrected chi connectivity index (χ2v) is 8.02. The summed E-state index contributed by atoms with van der Waals surface area (Å²) in [5.74, 6) is -0.128. The molecular weight excluding hydrogens is 404 g/mol. The third kappa shape index (κ3) is 3.31. The molecule has 1 saturated heterocycles.